The molecule has 256 valence electrons. The van der Waals surface area contributed by atoms with E-state index in [2.05, 4.69) is 33.2 Å². The van der Waals surface area contributed by atoms with Gasteiger partial charge in [0.05, 0.1) is 6.04 Å². The van der Waals surface area contributed by atoms with Gasteiger partial charge in [0.1, 0.15) is 12.1 Å². The lowest BCUT2D eigenvalue weighted by atomic mass is 10.0. The van der Waals surface area contributed by atoms with E-state index in [1.807, 2.05) is 24.3 Å². The number of hydrogen-bond acceptors (Lipinski definition) is 8. The number of carbonyl (C=O) groups excluding carboxylic acids is 3. The Morgan fingerprint density at radius 3 is 2.33 bits per heavy atom. The van der Waals surface area contributed by atoms with E-state index in [0.29, 0.717) is 19.5 Å². The molecule has 1 heterocycles. The topological polar surface area (TPSA) is 242 Å². The van der Waals surface area contributed by atoms with Crippen molar-refractivity contribution >= 4 is 40.6 Å². The van der Waals surface area contributed by atoms with Gasteiger partial charge in [-0.1, -0.05) is 50.8 Å². The Kier molecular flexibility index (Phi) is 17.4. The minimum Gasteiger partial charge on any atom is -0.481 e. The van der Waals surface area contributed by atoms with Crippen LogP contribution in [0.3, 0.4) is 0 Å². The van der Waals surface area contributed by atoms with Crippen molar-refractivity contribution in [3.8, 4) is 0 Å². The van der Waals surface area contributed by atoms with E-state index in [1.54, 1.807) is 6.20 Å². The summed E-state index contributed by atoms with van der Waals surface area (Å²) in [7, 11) is 0. The first-order chi connectivity index (χ1) is 22.0. The normalized spacial score (nSPS) is 13.8. The number of aliphatic carboxylic acids is 2. The molecule has 0 unspecified atom stereocenters. The van der Waals surface area contributed by atoms with E-state index in [9.17, 15) is 29.1 Å². The smallest absolute Gasteiger partial charge is 0.326 e. The average Bonchev–Trinajstić information content (AvgIpc) is 3.42. The maximum absolute atomic E-state index is 13.3. The first-order valence-corrected chi connectivity index (χ1v) is 16.1. The zero-order valence-corrected chi connectivity index (χ0v) is 26.7. The molecule has 0 aliphatic heterocycles. The van der Waals surface area contributed by atoms with E-state index in [1.165, 1.54) is 12.8 Å². The van der Waals surface area contributed by atoms with Crippen LogP contribution in [0.2, 0.25) is 0 Å². The fraction of sp³-hybridized carbons (Fsp3) is 0.594. The number of carbonyl (C=O) groups is 5. The molecule has 4 atom stereocenters. The van der Waals surface area contributed by atoms with E-state index in [4.69, 9.17) is 16.6 Å². The molecule has 14 heteroatoms. The van der Waals surface area contributed by atoms with Gasteiger partial charge in [0.15, 0.2) is 0 Å². The number of fused-ring (bicyclic) bond motifs is 1. The standard InChI is InChI=1S/C32H51N7O7/c1-2-3-4-5-9-22(33)20-35-16-14-24(34)30(43)39-27(18-21-19-37-25-11-7-6-10-23(21)25)31(44)36-17-15-26(32(45)46)38-28(40)12-8-13-29(41)42/h6-7,10-11,19,22,24,26-27,35,37H,2-5,8-9,12-18,20,33-34H2,1H3,(H,36,44)(H,38,40)(H,39,43)(H,41,42)(H,45,46)/t22-,24-,26+,27+/m0/s1. The molecule has 0 spiro atoms. The Bertz CT molecular complexity index is 1270. The van der Waals surface area contributed by atoms with Crippen LogP contribution in [-0.4, -0.2) is 88.7 Å². The summed E-state index contributed by atoms with van der Waals surface area (Å²) in [6.07, 6.45) is 7.40. The third kappa shape index (κ3) is 14.4. The molecule has 0 fully saturated rings. The maximum Gasteiger partial charge on any atom is 0.326 e. The molecule has 2 rings (SSSR count). The Labute approximate surface area is 269 Å². The van der Waals surface area contributed by atoms with Crippen LogP contribution in [0.15, 0.2) is 30.5 Å². The molecular formula is C32H51N7O7. The Hall–Kier alpha value is -4.01. The highest BCUT2D eigenvalue weighted by Crippen LogP contribution is 2.19. The van der Waals surface area contributed by atoms with E-state index >= 15 is 0 Å². The minimum absolute atomic E-state index is 0.0251. The largest absolute Gasteiger partial charge is 0.481 e. The van der Waals surface area contributed by atoms with Gasteiger partial charge in [0.25, 0.3) is 0 Å². The Morgan fingerprint density at radius 2 is 1.61 bits per heavy atom. The molecule has 1 aromatic carbocycles. The highest BCUT2D eigenvalue weighted by Gasteiger charge is 2.26. The highest BCUT2D eigenvalue weighted by molar-refractivity contribution is 5.91. The van der Waals surface area contributed by atoms with Gasteiger partial charge in [0, 0.05) is 55.5 Å². The number of nitrogens with one attached hydrogen (secondary N) is 5. The molecule has 3 amide bonds. The summed E-state index contributed by atoms with van der Waals surface area (Å²) in [6.45, 7) is 3.16. The van der Waals surface area contributed by atoms with Gasteiger partial charge in [-0.25, -0.2) is 4.79 Å². The molecule has 46 heavy (non-hydrogen) atoms. The van der Waals surface area contributed by atoms with E-state index in [-0.39, 0.29) is 44.7 Å². The summed E-state index contributed by atoms with van der Waals surface area (Å²) in [5.41, 5.74) is 14.0. The number of aromatic amines is 1. The fourth-order valence-corrected chi connectivity index (χ4v) is 5.01. The Morgan fingerprint density at radius 1 is 0.848 bits per heavy atom. The number of carboxylic acid groups (broad SMARTS) is 2. The van der Waals surface area contributed by atoms with Crippen molar-refractivity contribution < 1.29 is 34.2 Å². The molecule has 0 aliphatic rings. The van der Waals surface area contributed by atoms with Crippen molar-refractivity contribution in [3.05, 3.63) is 36.0 Å². The van der Waals surface area contributed by atoms with Crippen molar-refractivity contribution in [2.45, 2.75) is 102 Å². The van der Waals surface area contributed by atoms with Gasteiger partial charge >= 0.3 is 11.9 Å². The van der Waals surface area contributed by atoms with Crippen LogP contribution >= 0.6 is 0 Å². The van der Waals surface area contributed by atoms with E-state index in [0.717, 1.165) is 35.7 Å². The molecule has 0 aliphatic carbocycles. The molecule has 0 saturated carbocycles. The van der Waals surface area contributed by atoms with E-state index < -0.39 is 47.8 Å². The summed E-state index contributed by atoms with van der Waals surface area (Å²) < 4.78 is 0. The zero-order chi connectivity index (χ0) is 33.9. The van der Waals surface area contributed by atoms with Crippen LogP contribution < -0.4 is 32.7 Å². The highest BCUT2D eigenvalue weighted by atomic mass is 16.4. The van der Waals surface area contributed by atoms with Gasteiger partial charge in [-0.15, -0.1) is 0 Å². The third-order valence-corrected chi connectivity index (χ3v) is 7.70. The number of hydrogen-bond donors (Lipinski definition) is 9. The summed E-state index contributed by atoms with van der Waals surface area (Å²) in [4.78, 5) is 64.0. The average molecular weight is 646 g/mol. The number of benzene rings is 1. The number of para-hydroxylation sites is 1. The van der Waals surface area contributed by atoms with Crippen molar-refractivity contribution in [3.63, 3.8) is 0 Å². The van der Waals surface area contributed by atoms with Crippen LogP contribution in [0.5, 0.6) is 0 Å². The molecule has 14 nitrogen and oxygen atoms in total. The molecule has 1 aromatic heterocycles. The number of rotatable bonds is 24. The van der Waals surface area contributed by atoms with Crippen molar-refractivity contribution in [1.82, 2.24) is 26.3 Å². The van der Waals surface area contributed by atoms with Gasteiger partial charge < -0.3 is 47.9 Å². The molecule has 0 bridgehead atoms. The van der Waals surface area contributed by atoms with Gasteiger partial charge in [0.2, 0.25) is 17.7 Å². The van der Waals surface area contributed by atoms with Gasteiger partial charge in [-0.2, -0.15) is 0 Å². The maximum atomic E-state index is 13.3. The predicted molar refractivity (Wildman–Crippen MR) is 175 cm³/mol. The fourth-order valence-electron chi connectivity index (χ4n) is 5.01. The van der Waals surface area contributed by atoms with Crippen molar-refractivity contribution in [2.75, 3.05) is 19.6 Å². The lowest BCUT2D eigenvalue weighted by Gasteiger charge is -2.22. The molecule has 0 radical (unpaired) electrons. The van der Waals surface area contributed by atoms with Crippen molar-refractivity contribution in [1.29, 1.82) is 0 Å². The second kappa shape index (κ2) is 20.9. The number of amides is 3. The monoisotopic (exact) mass is 645 g/mol. The number of unbranched alkanes of at least 4 members (excludes halogenated alkanes) is 3. The van der Waals surface area contributed by atoms with Crippen LogP contribution in [0.1, 0.15) is 76.7 Å². The summed E-state index contributed by atoms with van der Waals surface area (Å²) in [6, 6.07) is 4.41. The lowest BCUT2D eigenvalue weighted by Crippen LogP contribution is -2.53. The second-order valence-corrected chi connectivity index (χ2v) is 11.6. The van der Waals surface area contributed by atoms with Gasteiger partial charge in [-0.05, 0) is 43.9 Å². The summed E-state index contributed by atoms with van der Waals surface area (Å²) in [5, 5.41) is 30.2. The molecule has 11 N–H and O–H groups in total. The first-order valence-electron chi connectivity index (χ1n) is 16.1. The van der Waals surface area contributed by atoms with Crippen LogP contribution in [0, 0.1) is 0 Å². The predicted octanol–water partition coefficient (Wildman–Crippen LogP) is 1.13. The summed E-state index contributed by atoms with van der Waals surface area (Å²) in [5.74, 6) is -3.97. The van der Waals surface area contributed by atoms with Crippen LogP contribution in [0.4, 0.5) is 0 Å². The zero-order valence-electron chi connectivity index (χ0n) is 26.7. The molecule has 0 saturated heterocycles. The molecular weight excluding hydrogens is 594 g/mol. The first kappa shape index (κ1) is 38.2. The minimum atomic E-state index is -1.29. The van der Waals surface area contributed by atoms with Crippen LogP contribution in [-0.2, 0) is 30.4 Å². The van der Waals surface area contributed by atoms with Gasteiger partial charge in [-0.3, -0.25) is 19.2 Å². The number of carboxylic acids is 2. The number of H-pyrrole nitrogens is 1. The third-order valence-electron chi connectivity index (χ3n) is 7.70. The van der Waals surface area contributed by atoms with Crippen molar-refractivity contribution in [2.24, 2.45) is 11.5 Å². The Balaban J connectivity index is 1.95. The second-order valence-electron chi connectivity index (χ2n) is 11.6. The number of aromatic nitrogens is 1. The quantitative estimate of drug-likeness (QED) is 0.0737. The summed E-state index contributed by atoms with van der Waals surface area (Å²) >= 11 is 0. The SMILES string of the molecule is CCCCCC[C@H](N)CNCC[C@H](N)C(=O)N[C@H](Cc1c[nH]c2ccccc12)C(=O)NCC[C@@H](NC(=O)CCCC(=O)O)C(=O)O. The van der Waals surface area contributed by atoms with Crippen LogP contribution in [0.25, 0.3) is 10.9 Å². The lowest BCUT2D eigenvalue weighted by molar-refractivity contribution is -0.142. The number of nitrogens with two attached hydrogens (primary N) is 2. The molecule has 2 aromatic rings.